The van der Waals surface area contributed by atoms with Crippen LogP contribution >= 0.6 is 11.6 Å². The van der Waals surface area contributed by atoms with Crippen LogP contribution in [0.4, 0.5) is 4.79 Å². The van der Waals surface area contributed by atoms with E-state index in [1.54, 1.807) is 12.1 Å². The van der Waals surface area contributed by atoms with Gasteiger partial charge in [0.15, 0.2) is 11.5 Å². The lowest BCUT2D eigenvalue weighted by Crippen LogP contribution is -2.36. The lowest BCUT2D eigenvalue weighted by Gasteiger charge is -2.16. The zero-order valence-corrected chi connectivity index (χ0v) is 16.3. The summed E-state index contributed by atoms with van der Waals surface area (Å²) >= 11 is 6.30. The first kappa shape index (κ1) is 20.6. The molecule has 1 saturated heterocycles. The Morgan fingerprint density at radius 2 is 2.04 bits per heavy atom. The summed E-state index contributed by atoms with van der Waals surface area (Å²) in [6, 6.07) is 2.55. The number of carbonyl (C=O) groups is 3. The highest BCUT2D eigenvalue weighted by Gasteiger charge is 2.35. The first-order valence-electron chi connectivity index (χ1n) is 8.31. The van der Waals surface area contributed by atoms with E-state index in [9.17, 15) is 14.4 Å². The third-order valence-corrected chi connectivity index (χ3v) is 3.75. The van der Waals surface area contributed by atoms with E-state index in [0.29, 0.717) is 28.7 Å². The second-order valence-corrected chi connectivity index (χ2v) is 6.29. The van der Waals surface area contributed by atoms with Gasteiger partial charge >= 0.3 is 12.0 Å². The fraction of sp³-hybridized carbons (Fsp3) is 0.389. The molecule has 3 amide bonds. The second kappa shape index (κ2) is 8.77. The number of nitrogens with one attached hydrogen (secondary N) is 1. The maximum Gasteiger partial charge on any atom is 0.329 e. The number of carbonyl (C=O) groups excluding carboxylic acids is 3. The number of urea groups is 1. The predicted molar refractivity (Wildman–Crippen MR) is 98.6 cm³/mol. The molecule has 0 aliphatic carbocycles. The molecule has 1 aliphatic rings. The van der Waals surface area contributed by atoms with Crippen molar-refractivity contribution >= 4 is 35.6 Å². The predicted octanol–water partition coefficient (Wildman–Crippen LogP) is 2.59. The normalized spacial score (nSPS) is 15.3. The molecule has 146 valence electrons. The van der Waals surface area contributed by atoms with E-state index in [4.69, 9.17) is 21.1 Å². The van der Waals surface area contributed by atoms with Crippen molar-refractivity contribution in [1.29, 1.82) is 0 Å². The lowest BCUT2D eigenvalue weighted by atomic mass is 10.1. The van der Waals surface area contributed by atoms with Gasteiger partial charge in [0.05, 0.1) is 24.8 Å². The summed E-state index contributed by atoms with van der Waals surface area (Å²) < 4.78 is 15.8. The molecule has 8 nitrogen and oxygen atoms in total. The van der Waals surface area contributed by atoms with Crippen LogP contribution in [0.2, 0.25) is 5.02 Å². The first-order valence-corrected chi connectivity index (χ1v) is 8.69. The zero-order valence-electron chi connectivity index (χ0n) is 15.5. The van der Waals surface area contributed by atoms with Crippen LogP contribution in [0.1, 0.15) is 26.3 Å². The number of halogens is 1. The molecule has 0 spiro atoms. The van der Waals surface area contributed by atoms with Gasteiger partial charge < -0.3 is 19.5 Å². The quantitative estimate of drug-likeness (QED) is 0.432. The SMILES string of the molecule is CCOc1cc(/C=C2/NC(=O)N(CC(=O)OC)C2=O)cc(Cl)c1OC(C)C. The van der Waals surface area contributed by atoms with E-state index < -0.39 is 24.5 Å². The number of hydrogen-bond acceptors (Lipinski definition) is 6. The van der Waals surface area contributed by atoms with E-state index in [1.807, 2.05) is 20.8 Å². The molecule has 0 bridgehead atoms. The molecule has 27 heavy (non-hydrogen) atoms. The Kier molecular flexibility index (Phi) is 6.68. The van der Waals surface area contributed by atoms with Crippen LogP contribution in [0.15, 0.2) is 17.8 Å². The second-order valence-electron chi connectivity index (χ2n) is 5.89. The number of hydrogen-bond donors (Lipinski definition) is 1. The minimum atomic E-state index is -0.701. The van der Waals surface area contributed by atoms with Crippen molar-refractivity contribution in [2.24, 2.45) is 0 Å². The fourth-order valence-corrected chi connectivity index (χ4v) is 2.62. The maximum absolute atomic E-state index is 12.4. The zero-order chi connectivity index (χ0) is 20.1. The number of amides is 3. The maximum atomic E-state index is 12.4. The Morgan fingerprint density at radius 3 is 2.63 bits per heavy atom. The summed E-state index contributed by atoms with van der Waals surface area (Å²) in [5.74, 6) is -0.503. The third kappa shape index (κ3) is 4.91. The Bertz CT molecular complexity index is 790. The lowest BCUT2D eigenvalue weighted by molar-refractivity contribution is -0.143. The highest BCUT2D eigenvalue weighted by molar-refractivity contribution is 6.32. The van der Waals surface area contributed by atoms with Crippen LogP contribution in [-0.2, 0) is 14.3 Å². The molecule has 1 aliphatic heterocycles. The number of esters is 1. The van der Waals surface area contributed by atoms with Crippen molar-refractivity contribution in [2.75, 3.05) is 20.3 Å². The summed E-state index contributed by atoms with van der Waals surface area (Å²) in [7, 11) is 1.18. The van der Waals surface area contributed by atoms with Crippen molar-refractivity contribution in [3.05, 3.63) is 28.4 Å². The van der Waals surface area contributed by atoms with Gasteiger partial charge in [-0.2, -0.15) is 0 Å². The Hall–Kier alpha value is -2.74. The van der Waals surface area contributed by atoms with Gasteiger partial charge in [-0.3, -0.25) is 9.59 Å². The van der Waals surface area contributed by atoms with E-state index in [-0.39, 0.29) is 11.8 Å². The number of rotatable bonds is 7. The number of methoxy groups -OCH3 is 1. The molecule has 0 aromatic heterocycles. The molecule has 1 aromatic carbocycles. The van der Waals surface area contributed by atoms with Crippen LogP contribution in [0.5, 0.6) is 11.5 Å². The van der Waals surface area contributed by atoms with Crippen LogP contribution < -0.4 is 14.8 Å². The van der Waals surface area contributed by atoms with Gasteiger partial charge in [0, 0.05) is 0 Å². The highest BCUT2D eigenvalue weighted by Crippen LogP contribution is 2.38. The molecule has 1 aromatic rings. The van der Waals surface area contributed by atoms with Gasteiger partial charge in [0.2, 0.25) is 0 Å². The summed E-state index contributed by atoms with van der Waals surface area (Å²) in [6.45, 7) is 5.48. The molecule has 1 heterocycles. The minimum Gasteiger partial charge on any atom is -0.490 e. The Morgan fingerprint density at radius 1 is 1.33 bits per heavy atom. The van der Waals surface area contributed by atoms with Gasteiger partial charge in [-0.15, -0.1) is 0 Å². The molecule has 0 atom stereocenters. The van der Waals surface area contributed by atoms with Crippen LogP contribution in [0.3, 0.4) is 0 Å². The van der Waals surface area contributed by atoms with Crippen LogP contribution in [0, 0.1) is 0 Å². The summed E-state index contributed by atoms with van der Waals surface area (Å²) in [6.07, 6.45) is 1.35. The molecule has 2 rings (SSSR count). The monoisotopic (exact) mass is 396 g/mol. The highest BCUT2D eigenvalue weighted by atomic mass is 35.5. The van der Waals surface area contributed by atoms with E-state index in [2.05, 4.69) is 10.1 Å². The van der Waals surface area contributed by atoms with Crippen LogP contribution in [0.25, 0.3) is 6.08 Å². The fourth-order valence-electron chi connectivity index (χ4n) is 2.36. The topological polar surface area (TPSA) is 94.2 Å². The summed E-state index contributed by atoms with van der Waals surface area (Å²) in [5, 5.41) is 2.73. The minimum absolute atomic E-state index is 0.0138. The number of imide groups is 1. The molecule has 9 heteroatoms. The molecule has 1 fully saturated rings. The summed E-state index contributed by atoms with van der Waals surface area (Å²) in [4.78, 5) is 36.4. The van der Waals surface area contributed by atoms with E-state index >= 15 is 0 Å². The first-order chi connectivity index (χ1) is 12.8. The smallest absolute Gasteiger partial charge is 0.329 e. The molecule has 0 radical (unpaired) electrons. The van der Waals surface area contributed by atoms with Crippen molar-refractivity contribution in [1.82, 2.24) is 10.2 Å². The van der Waals surface area contributed by atoms with Gasteiger partial charge in [-0.05, 0) is 44.5 Å². The average molecular weight is 397 g/mol. The number of nitrogens with zero attached hydrogens (tertiary/aromatic N) is 1. The molecular weight excluding hydrogens is 376 g/mol. The molecule has 1 N–H and O–H groups in total. The molecule has 0 saturated carbocycles. The largest absolute Gasteiger partial charge is 0.490 e. The van der Waals surface area contributed by atoms with Gasteiger partial charge in [0.1, 0.15) is 12.2 Å². The van der Waals surface area contributed by atoms with Crippen molar-refractivity contribution in [3.8, 4) is 11.5 Å². The Balaban J connectivity index is 2.34. The van der Waals surface area contributed by atoms with Gasteiger partial charge in [-0.25, -0.2) is 9.69 Å². The number of ether oxygens (including phenoxy) is 3. The summed E-state index contributed by atoms with van der Waals surface area (Å²) in [5.41, 5.74) is 0.545. The average Bonchev–Trinajstić information content (AvgIpc) is 2.85. The van der Waals surface area contributed by atoms with Crippen LogP contribution in [-0.4, -0.2) is 49.2 Å². The standard InChI is InChI=1S/C18H21ClN2O6/c1-5-26-14-8-11(6-12(19)16(14)27-10(2)3)7-13-17(23)21(18(24)20-13)9-15(22)25-4/h6-8,10H,5,9H2,1-4H3,(H,20,24)/b13-7+. The number of benzene rings is 1. The third-order valence-electron chi connectivity index (χ3n) is 3.47. The van der Waals surface area contributed by atoms with Crippen molar-refractivity contribution in [3.63, 3.8) is 0 Å². The molecule has 0 unspecified atom stereocenters. The van der Waals surface area contributed by atoms with E-state index in [1.165, 1.54) is 13.2 Å². The van der Waals surface area contributed by atoms with Gasteiger partial charge in [-0.1, -0.05) is 11.6 Å². The van der Waals surface area contributed by atoms with Crippen molar-refractivity contribution < 1.29 is 28.6 Å². The van der Waals surface area contributed by atoms with Crippen molar-refractivity contribution in [2.45, 2.75) is 26.9 Å². The van der Waals surface area contributed by atoms with Gasteiger partial charge in [0.25, 0.3) is 5.91 Å². The van der Waals surface area contributed by atoms with E-state index in [0.717, 1.165) is 4.90 Å². The molecular formula is C18H21ClN2O6. The Labute approximate surface area is 162 Å².